The molecule has 1 fully saturated rings. The molecule has 2 aliphatic carbocycles. The minimum atomic E-state index is -2.20. The molecule has 0 radical (unpaired) electrons. The number of aliphatic hydroxyl groups excluding tert-OH is 2. The van der Waals surface area contributed by atoms with Crippen molar-refractivity contribution in [2.24, 2.45) is 0 Å². The zero-order valence-corrected chi connectivity index (χ0v) is 20.8. The predicted octanol–water partition coefficient (Wildman–Crippen LogP) is 1.06. The van der Waals surface area contributed by atoms with Gasteiger partial charge in [0.15, 0.2) is 17.9 Å². The number of rotatable bonds is 5. The summed E-state index contributed by atoms with van der Waals surface area (Å²) in [5, 5.41) is 53.5. The lowest BCUT2D eigenvalue weighted by Gasteiger charge is -2.41. The summed E-state index contributed by atoms with van der Waals surface area (Å²) in [5.41, 5.74) is -3.43. The molecule has 1 unspecified atom stereocenters. The van der Waals surface area contributed by atoms with Crippen molar-refractivity contribution in [3.63, 3.8) is 0 Å². The first kappa shape index (κ1) is 26.3. The number of methoxy groups -OCH3 is 1. The number of carbonyl (C=O) groups is 3. The van der Waals surface area contributed by atoms with Crippen LogP contribution >= 0.6 is 0 Å². The maximum atomic E-state index is 13.6. The molecule has 3 aliphatic rings. The van der Waals surface area contributed by atoms with Gasteiger partial charge in [-0.15, -0.1) is 0 Å². The van der Waals surface area contributed by atoms with Gasteiger partial charge in [-0.1, -0.05) is 12.1 Å². The number of hydrogen-bond acceptors (Lipinski definition) is 11. The second kappa shape index (κ2) is 9.44. The summed E-state index contributed by atoms with van der Waals surface area (Å²) < 4.78 is 17.0. The number of Topliss-reactive ketones (excluding diaryl/α,β-unsaturated/α-hetero) is 1. The molecule has 5 rings (SSSR count). The Labute approximate surface area is 217 Å². The number of phenols is 2. The maximum Gasteiger partial charge on any atom is 0.202 e. The van der Waals surface area contributed by atoms with Crippen LogP contribution in [-0.2, 0) is 20.7 Å². The molecular formula is C27H28O11. The van der Waals surface area contributed by atoms with Gasteiger partial charge in [0.2, 0.25) is 5.78 Å². The maximum absolute atomic E-state index is 13.6. The summed E-state index contributed by atoms with van der Waals surface area (Å²) in [6.07, 6.45) is -3.85. The topological polar surface area (TPSA) is 180 Å². The van der Waals surface area contributed by atoms with E-state index >= 15 is 0 Å². The first-order chi connectivity index (χ1) is 18.0. The number of hydrogen-bond donors (Lipinski definition) is 5. The van der Waals surface area contributed by atoms with Crippen molar-refractivity contribution >= 4 is 17.3 Å². The highest BCUT2D eigenvalue weighted by Crippen LogP contribution is 2.52. The Morgan fingerprint density at radius 3 is 2.47 bits per heavy atom. The fraction of sp³-hybridized carbons (Fsp3) is 0.444. The first-order valence-electron chi connectivity index (χ1n) is 12.2. The molecule has 1 aliphatic heterocycles. The molecule has 11 nitrogen and oxygen atoms in total. The number of fused-ring (bicyclic) bond motifs is 3. The number of phenolic OH excluding ortho intramolecular Hbond substituents is 2. The second-order valence-corrected chi connectivity index (χ2v) is 9.91. The summed E-state index contributed by atoms with van der Waals surface area (Å²) in [6.45, 7) is 0.652. The summed E-state index contributed by atoms with van der Waals surface area (Å²) >= 11 is 0. The number of carbonyl (C=O) groups excluding carboxylic acids is 3. The number of aliphatic hydroxyl groups is 3. The number of ether oxygens (including phenoxy) is 3. The smallest absolute Gasteiger partial charge is 0.202 e. The van der Waals surface area contributed by atoms with E-state index in [-0.39, 0.29) is 34.4 Å². The molecular weight excluding hydrogens is 500 g/mol. The molecule has 2 aromatic carbocycles. The van der Waals surface area contributed by atoms with Crippen LogP contribution in [0.1, 0.15) is 75.3 Å². The van der Waals surface area contributed by atoms with Crippen LogP contribution in [0, 0.1) is 0 Å². The van der Waals surface area contributed by atoms with Crippen LogP contribution in [0.5, 0.6) is 17.2 Å². The molecule has 1 heterocycles. The lowest BCUT2D eigenvalue weighted by molar-refractivity contribution is -0.243. The lowest BCUT2D eigenvalue weighted by atomic mass is 9.72. The third kappa shape index (κ3) is 3.89. The van der Waals surface area contributed by atoms with Crippen LogP contribution in [0.4, 0.5) is 0 Å². The summed E-state index contributed by atoms with van der Waals surface area (Å²) in [6, 6.07) is 4.39. The van der Waals surface area contributed by atoms with Crippen molar-refractivity contribution in [2.45, 2.75) is 62.8 Å². The van der Waals surface area contributed by atoms with Gasteiger partial charge >= 0.3 is 0 Å². The highest BCUT2D eigenvalue weighted by Gasteiger charge is 2.49. The lowest BCUT2D eigenvalue weighted by Crippen LogP contribution is -2.48. The van der Waals surface area contributed by atoms with Crippen molar-refractivity contribution < 1.29 is 54.1 Å². The number of benzene rings is 2. The molecule has 11 heteroatoms. The van der Waals surface area contributed by atoms with Crippen LogP contribution < -0.4 is 4.74 Å². The summed E-state index contributed by atoms with van der Waals surface area (Å²) in [7, 11) is 1.33. The fourth-order valence-electron chi connectivity index (χ4n) is 5.62. The van der Waals surface area contributed by atoms with Gasteiger partial charge < -0.3 is 39.7 Å². The Kier molecular flexibility index (Phi) is 6.52. The van der Waals surface area contributed by atoms with Crippen LogP contribution in [-0.4, -0.2) is 80.7 Å². The third-order valence-corrected chi connectivity index (χ3v) is 7.66. The SMILES string of the molecule is COc1cccc2c1C(=O)c1c(O)c3c(c(O)c1C2=O)C[C@@](O)(C(=O)CO)C[C@@H]3OC1CC[C@H](O)[C@H](C)O1. The van der Waals surface area contributed by atoms with E-state index in [0.717, 1.165) is 0 Å². The number of aromatic hydroxyl groups is 2. The van der Waals surface area contributed by atoms with Crippen molar-refractivity contribution in [3.8, 4) is 17.2 Å². The van der Waals surface area contributed by atoms with Gasteiger partial charge in [0.25, 0.3) is 0 Å². The van der Waals surface area contributed by atoms with E-state index in [1.165, 1.54) is 25.3 Å². The second-order valence-electron chi connectivity index (χ2n) is 9.91. The van der Waals surface area contributed by atoms with Crippen LogP contribution in [0.3, 0.4) is 0 Å². The van der Waals surface area contributed by atoms with Crippen molar-refractivity contribution in [3.05, 3.63) is 51.6 Å². The van der Waals surface area contributed by atoms with E-state index in [2.05, 4.69) is 0 Å². The fourth-order valence-corrected chi connectivity index (χ4v) is 5.62. The zero-order chi connectivity index (χ0) is 27.5. The Balaban J connectivity index is 1.69. The monoisotopic (exact) mass is 528 g/mol. The minimum absolute atomic E-state index is 0.0371. The zero-order valence-electron chi connectivity index (χ0n) is 20.8. The molecule has 1 saturated heterocycles. The molecule has 5 N–H and O–H groups in total. The van der Waals surface area contributed by atoms with Crippen molar-refractivity contribution in [1.29, 1.82) is 0 Å². The first-order valence-corrected chi connectivity index (χ1v) is 12.2. The van der Waals surface area contributed by atoms with Gasteiger partial charge in [0.05, 0.1) is 42.1 Å². The van der Waals surface area contributed by atoms with Crippen molar-refractivity contribution in [2.75, 3.05) is 13.7 Å². The molecule has 0 aromatic heterocycles. The largest absolute Gasteiger partial charge is 0.507 e. The van der Waals surface area contributed by atoms with Gasteiger partial charge in [-0.3, -0.25) is 14.4 Å². The van der Waals surface area contributed by atoms with E-state index in [4.69, 9.17) is 14.2 Å². The predicted molar refractivity (Wildman–Crippen MR) is 128 cm³/mol. The molecule has 0 spiro atoms. The summed E-state index contributed by atoms with van der Waals surface area (Å²) in [5.74, 6) is -3.64. The Hall–Kier alpha value is -3.35. The highest BCUT2D eigenvalue weighted by atomic mass is 16.7. The average Bonchev–Trinajstić information content (AvgIpc) is 2.90. The van der Waals surface area contributed by atoms with E-state index in [1.54, 1.807) is 6.92 Å². The molecule has 0 amide bonds. The molecule has 202 valence electrons. The van der Waals surface area contributed by atoms with Crippen LogP contribution in [0.15, 0.2) is 18.2 Å². The van der Waals surface area contributed by atoms with E-state index in [1.807, 2.05) is 0 Å². The van der Waals surface area contributed by atoms with Gasteiger partial charge in [0.1, 0.15) is 29.5 Å². The summed E-state index contributed by atoms with van der Waals surface area (Å²) in [4.78, 5) is 39.7. The number of ketones is 3. The van der Waals surface area contributed by atoms with Crippen LogP contribution in [0.2, 0.25) is 0 Å². The van der Waals surface area contributed by atoms with E-state index in [9.17, 15) is 39.9 Å². The molecule has 5 atom stereocenters. The van der Waals surface area contributed by atoms with E-state index in [0.29, 0.717) is 6.42 Å². The Morgan fingerprint density at radius 1 is 1.11 bits per heavy atom. The molecule has 2 aromatic rings. The van der Waals surface area contributed by atoms with Gasteiger partial charge in [0, 0.05) is 36.0 Å². The van der Waals surface area contributed by atoms with Gasteiger partial charge in [-0.25, -0.2) is 0 Å². The van der Waals surface area contributed by atoms with E-state index < -0.39 is 89.6 Å². The molecule has 38 heavy (non-hydrogen) atoms. The quantitative estimate of drug-likeness (QED) is 0.299. The normalized spacial score (nSPS) is 28.3. The minimum Gasteiger partial charge on any atom is -0.507 e. The average molecular weight is 529 g/mol. The highest BCUT2D eigenvalue weighted by molar-refractivity contribution is 6.31. The Bertz CT molecular complexity index is 1350. The Morgan fingerprint density at radius 2 is 1.82 bits per heavy atom. The molecule has 0 bridgehead atoms. The van der Waals surface area contributed by atoms with Gasteiger partial charge in [-0.2, -0.15) is 0 Å². The third-order valence-electron chi connectivity index (χ3n) is 7.66. The van der Waals surface area contributed by atoms with Gasteiger partial charge in [-0.05, 0) is 19.4 Å². The molecule has 0 saturated carbocycles. The van der Waals surface area contributed by atoms with Crippen LogP contribution in [0.25, 0.3) is 0 Å². The van der Waals surface area contributed by atoms with Crippen molar-refractivity contribution in [1.82, 2.24) is 0 Å². The standard InChI is InChI=1S/C27H28O11/c1-11-14(29)6-7-18(37-11)38-16-9-27(35,17(30)10-28)8-13-20(16)26(34)22-21(24(13)32)23(31)12-4-3-5-15(36-2)19(12)25(22)33/h3-5,11,14,16,18,28-29,32,34-35H,6-10H2,1-2H3/t11-,14-,16-,18?,27-/m0/s1.